The van der Waals surface area contributed by atoms with Crippen LogP contribution in [-0.2, 0) is 4.74 Å². The summed E-state index contributed by atoms with van der Waals surface area (Å²) in [5.41, 5.74) is 6.46. The van der Waals surface area contributed by atoms with E-state index in [1.54, 1.807) is 7.11 Å². The molecule has 0 radical (unpaired) electrons. The summed E-state index contributed by atoms with van der Waals surface area (Å²) in [6, 6.07) is 0.160. The average Bonchev–Trinajstić information content (AvgIpc) is 2.66. The molecule has 1 aromatic rings. The number of hydrogen-bond acceptors (Lipinski definition) is 6. The Morgan fingerprint density at radius 2 is 2.10 bits per heavy atom. The van der Waals surface area contributed by atoms with Gasteiger partial charge in [0.2, 0.25) is 0 Å². The van der Waals surface area contributed by atoms with Crippen molar-refractivity contribution in [1.29, 1.82) is 0 Å². The van der Waals surface area contributed by atoms with E-state index in [9.17, 15) is 4.79 Å². The zero-order valence-electron chi connectivity index (χ0n) is 12.8. The van der Waals surface area contributed by atoms with Gasteiger partial charge in [-0.15, -0.1) is 11.3 Å². The van der Waals surface area contributed by atoms with Gasteiger partial charge in [0, 0.05) is 14.0 Å². The van der Waals surface area contributed by atoms with E-state index in [1.165, 1.54) is 18.3 Å². The molecule has 0 aliphatic carbocycles. The van der Waals surface area contributed by atoms with Crippen LogP contribution in [0.15, 0.2) is 0 Å². The number of Topliss-reactive ketones (excluding diaryl/α,β-unsaturated/α-hetero) is 1. The molecule has 0 fully saturated rings. The molecule has 0 aliphatic rings. The minimum absolute atomic E-state index is 0.00485. The van der Waals surface area contributed by atoms with Gasteiger partial charge in [-0.25, -0.2) is 0 Å². The van der Waals surface area contributed by atoms with Crippen LogP contribution in [0.2, 0.25) is 0 Å². The minimum Gasteiger partial charge on any atom is -0.486 e. The Balaban J connectivity index is 3.09. The van der Waals surface area contributed by atoms with Crippen molar-refractivity contribution in [3.05, 3.63) is 4.88 Å². The summed E-state index contributed by atoms with van der Waals surface area (Å²) in [6.07, 6.45) is 0.900. The molecular weight excluding hydrogens is 276 g/mol. The number of nitrogen functional groups attached to an aromatic ring is 1. The van der Waals surface area contributed by atoms with Gasteiger partial charge in [-0.05, 0) is 20.3 Å². The van der Waals surface area contributed by atoms with E-state index in [0.29, 0.717) is 22.9 Å². The van der Waals surface area contributed by atoms with Crippen LogP contribution in [0.25, 0.3) is 0 Å². The van der Waals surface area contributed by atoms with Crippen molar-refractivity contribution in [3.63, 3.8) is 0 Å². The predicted octanol–water partition coefficient (Wildman–Crippen LogP) is 3.16. The third-order valence-electron chi connectivity index (χ3n) is 2.77. The highest BCUT2D eigenvalue weighted by molar-refractivity contribution is 7.19. The van der Waals surface area contributed by atoms with Crippen LogP contribution in [0.4, 0.5) is 10.7 Å². The maximum absolute atomic E-state index is 11.6. The zero-order chi connectivity index (χ0) is 15.3. The van der Waals surface area contributed by atoms with Gasteiger partial charge < -0.3 is 20.5 Å². The normalized spacial score (nSPS) is 12.5. The van der Waals surface area contributed by atoms with E-state index in [1.807, 2.05) is 13.8 Å². The molecule has 6 heteroatoms. The molecule has 5 nitrogen and oxygen atoms in total. The summed E-state index contributed by atoms with van der Waals surface area (Å²) >= 11 is 1.34. The lowest BCUT2D eigenvalue weighted by Gasteiger charge is -2.18. The molecule has 0 amide bonds. The third-order valence-corrected chi connectivity index (χ3v) is 3.99. The van der Waals surface area contributed by atoms with Gasteiger partial charge in [-0.2, -0.15) is 0 Å². The van der Waals surface area contributed by atoms with E-state index in [4.69, 9.17) is 15.2 Å². The first kappa shape index (κ1) is 16.8. The molecule has 0 spiro atoms. The molecule has 0 saturated heterocycles. The molecule has 0 bridgehead atoms. The van der Waals surface area contributed by atoms with Crippen LogP contribution in [0.3, 0.4) is 0 Å². The summed E-state index contributed by atoms with van der Waals surface area (Å²) < 4.78 is 10.9. The molecule has 0 aromatic carbocycles. The Morgan fingerprint density at radius 3 is 2.55 bits per heavy atom. The Bertz CT molecular complexity index is 458. The van der Waals surface area contributed by atoms with Crippen LogP contribution in [0, 0.1) is 0 Å². The van der Waals surface area contributed by atoms with Crippen LogP contribution < -0.4 is 15.8 Å². The first-order valence-corrected chi connectivity index (χ1v) is 7.57. The number of nitrogens with one attached hydrogen (secondary N) is 1. The van der Waals surface area contributed by atoms with Crippen molar-refractivity contribution >= 4 is 27.8 Å². The number of nitrogens with two attached hydrogens (primary N) is 1. The first-order valence-electron chi connectivity index (χ1n) is 6.75. The molecular formula is C14H24N2O3S. The highest BCUT2D eigenvalue weighted by Crippen LogP contribution is 2.43. The van der Waals surface area contributed by atoms with Crippen LogP contribution >= 0.6 is 11.3 Å². The van der Waals surface area contributed by atoms with Gasteiger partial charge >= 0.3 is 0 Å². The Labute approximate surface area is 124 Å². The van der Waals surface area contributed by atoms with E-state index < -0.39 is 0 Å². The van der Waals surface area contributed by atoms with Crippen LogP contribution in [-0.4, -0.2) is 31.6 Å². The third kappa shape index (κ3) is 4.11. The van der Waals surface area contributed by atoms with Gasteiger partial charge in [0.15, 0.2) is 11.5 Å². The van der Waals surface area contributed by atoms with Gasteiger partial charge in [-0.3, -0.25) is 4.79 Å². The van der Waals surface area contributed by atoms with Crippen LogP contribution in [0.5, 0.6) is 5.75 Å². The van der Waals surface area contributed by atoms with Crippen molar-refractivity contribution in [1.82, 2.24) is 0 Å². The van der Waals surface area contributed by atoms with Crippen LogP contribution in [0.1, 0.15) is 43.8 Å². The number of methoxy groups -OCH3 is 1. The lowest BCUT2D eigenvalue weighted by Crippen LogP contribution is -2.23. The second-order valence-electron chi connectivity index (χ2n) is 4.93. The maximum atomic E-state index is 11.6. The average molecular weight is 300 g/mol. The second-order valence-corrected chi connectivity index (χ2v) is 5.95. The number of carbonyl (C=O) groups excluding carboxylic acids is 1. The van der Waals surface area contributed by atoms with Gasteiger partial charge in [0.25, 0.3) is 0 Å². The Morgan fingerprint density at radius 1 is 1.45 bits per heavy atom. The van der Waals surface area contributed by atoms with E-state index >= 15 is 0 Å². The SMILES string of the molecule is CCC(COC)Nc1sc(C(C)=O)c(N)c1OC(C)C. The van der Waals surface area contributed by atoms with Gasteiger partial charge in [0.1, 0.15) is 5.00 Å². The highest BCUT2D eigenvalue weighted by Gasteiger charge is 2.22. The standard InChI is InChI=1S/C14H24N2O3S/c1-6-10(7-18-5)16-14-12(19-8(2)3)11(15)13(20-14)9(4)17/h8,10,16H,6-7,15H2,1-5H3. The van der Waals surface area contributed by atoms with Crippen molar-refractivity contribution in [2.45, 2.75) is 46.3 Å². The lowest BCUT2D eigenvalue weighted by molar-refractivity contribution is 0.102. The number of thiophene rings is 1. The smallest absolute Gasteiger partial charge is 0.177 e. The van der Waals surface area contributed by atoms with E-state index in [0.717, 1.165) is 11.4 Å². The molecule has 1 heterocycles. The van der Waals surface area contributed by atoms with E-state index in [-0.39, 0.29) is 17.9 Å². The fourth-order valence-corrected chi connectivity index (χ4v) is 2.81. The predicted molar refractivity (Wildman–Crippen MR) is 84.1 cm³/mol. The number of ether oxygens (including phenoxy) is 2. The topological polar surface area (TPSA) is 73.6 Å². The molecule has 3 N–H and O–H groups in total. The van der Waals surface area contributed by atoms with Crippen molar-refractivity contribution in [2.75, 3.05) is 24.8 Å². The van der Waals surface area contributed by atoms with Gasteiger partial charge in [-0.1, -0.05) is 6.92 Å². The fraction of sp³-hybridized carbons (Fsp3) is 0.643. The van der Waals surface area contributed by atoms with Gasteiger partial charge in [0.05, 0.1) is 29.3 Å². The zero-order valence-corrected chi connectivity index (χ0v) is 13.6. The Kier molecular flexibility index (Phi) is 6.29. The number of ketones is 1. The first-order chi connectivity index (χ1) is 9.40. The minimum atomic E-state index is -0.0473. The van der Waals surface area contributed by atoms with Crippen molar-refractivity contribution in [2.24, 2.45) is 0 Å². The summed E-state index contributed by atoms with van der Waals surface area (Å²) in [5, 5.41) is 4.15. The molecule has 20 heavy (non-hydrogen) atoms. The Hall–Kier alpha value is -1.27. The number of rotatable bonds is 8. The summed E-state index contributed by atoms with van der Waals surface area (Å²) in [6.45, 7) is 8.03. The number of carbonyl (C=O) groups is 1. The second kappa shape index (κ2) is 7.50. The largest absolute Gasteiger partial charge is 0.486 e. The highest BCUT2D eigenvalue weighted by atomic mass is 32.1. The number of hydrogen-bond donors (Lipinski definition) is 2. The quantitative estimate of drug-likeness (QED) is 0.721. The molecule has 114 valence electrons. The lowest BCUT2D eigenvalue weighted by atomic mass is 10.2. The number of anilines is 2. The summed E-state index contributed by atoms with van der Waals surface area (Å²) in [7, 11) is 1.67. The van der Waals surface area contributed by atoms with E-state index in [2.05, 4.69) is 12.2 Å². The maximum Gasteiger partial charge on any atom is 0.177 e. The molecule has 1 rings (SSSR count). The molecule has 1 unspecified atom stereocenters. The molecule has 0 aliphatic heterocycles. The monoisotopic (exact) mass is 300 g/mol. The fourth-order valence-electron chi connectivity index (χ4n) is 1.79. The van der Waals surface area contributed by atoms with Crippen molar-refractivity contribution < 1.29 is 14.3 Å². The molecule has 1 atom stereocenters. The summed E-state index contributed by atoms with van der Waals surface area (Å²) in [5.74, 6) is 0.527. The molecule has 0 saturated carbocycles. The van der Waals surface area contributed by atoms with Crippen molar-refractivity contribution in [3.8, 4) is 5.75 Å². The molecule has 1 aromatic heterocycles. The summed E-state index contributed by atoms with van der Waals surface area (Å²) in [4.78, 5) is 12.2.